The first-order chi connectivity index (χ1) is 11.0. The Morgan fingerprint density at radius 1 is 0.957 bits per heavy atom. The molecule has 4 heteroatoms. The summed E-state index contributed by atoms with van der Waals surface area (Å²) in [5.74, 6) is 1.81. The number of aryl methyl sites for hydroxylation is 2. The van der Waals surface area contributed by atoms with Crippen LogP contribution in [-0.4, -0.2) is 20.3 Å². The van der Waals surface area contributed by atoms with Gasteiger partial charge in [-0.15, -0.1) is 0 Å². The molecule has 0 aliphatic rings. The lowest BCUT2D eigenvalue weighted by molar-refractivity contribution is 0.214. The number of hydrogen-bond donors (Lipinski definition) is 1. The van der Waals surface area contributed by atoms with Gasteiger partial charge in [0, 0.05) is 6.54 Å². The summed E-state index contributed by atoms with van der Waals surface area (Å²) in [6, 6.07) is 10.3. The second-order valence-electron chi connectivity index (χ2n) is 5.65. The molecule has 0 aromatic heterocycles. The molecule has 0 bridgehead atoms. The van der Waals surface area contributed by atoms with Gasteiger partial charge in [-0.25, -0.2) is 0 Å². The molecule has 0 heterocycles. The van der Waals surface area contributed by atoms with Crippen LogP contribution >= 0.6 is 15.9 Å². The monoisotopic (exact) mass is 377 g/mol. The summed E-state index contributed by atoms with van der Waals surface area (Å²) in [7, 11) is 1.94. The normalized spacial score (nSPS) is 10.7. The zero-order chi connectivity index (χ0) is 16.8. The molecule has 0 atom stereocenters. The van der Waals surface area contributed by atoms with Crippen LogP contribution in [0.3, 0.4) is 0 Å². The van der Waals surface area contributed by atoms with Crippen molar-refractivity contribution in [1.82, 2.24) is 5.32 Å². The van der Waals surface area contributed by atoms with Crippen molar-refractivity contribution in [3.8, 4) is 11.5 Å². The van der Waals surface area contributed by atoms with Crippen molar-refractivity contribution in [1.29, 1.82) is 0 Å². The van der Waals surface area contributed by atoms with E-state index in [0.29, 0.717) is 13.2 Å². The fraction of sp³-hybridized carbons (Fsp3) is 0.368. The molecule has 23 heavy (non-hydrogen) atoms. The Balaban J connectivity index is 1.90. The van der Waals surface area contributed by atoms with Crippen molar-refractivity contribution in [2.75, 3.05) is 20.3 Å². The lowest BCUT2D eigenvalue weighted by Crippen LogP contribution is -2.11. The van der Waals surface area contributed by atoms with E-state index in [-0.39, 0.29) is 0 Å². The summed E-state index contributed by atoms with van der Waals surface area (Å²) in [4.78, 5) is 0. The third-order valence-electron chi connectivity index (χ3n) is 3.84. The first-order valence-electron chi connectivity index (χ1n) is 7.78. The Bertz CT molecular complexity index is 671. The van der Waals surface area contributed by atoms with Gasteiger partial charge in [0.15, 0.2) is 0 Å². The van der Waals surface area contributed by atoms with Gasteiger partial charge in [-0.1, -0.05) is 18.2 Å². The predicted molar refractivity (Wildman–Crippen MR) is 98.5 cm³/mol. The van der Waals surface area contributed by atoms with Crippen molar-refractivity contribution in [2.45, 2.75) is 27.3 Å². The van der Waals surface area contributed by atoms with Gasteiger partial charge in [0.2, 0.25) is 0 Å². The summed E-state index contributed by atoms with van der Waals surface area (Å²) in [6.07, 6.45) is 0. The first-order valence-corrected chi connectivity index (χ1v) is 8.57. The highest BCUT2D eigenvalue weighted by Crippen LogP contribution is 2.27. The van der Waals surface area contributed by atoms with Gasteiger partial charge in [-0.3, -0.25) is 0 Å². The number of ether oxygens (including phenoxy) is 2. The van der Waals surface area contributed by atoms with Crippen LogP contribution in [0.5, 0.6) is 11.5 Å². The van der Waals surface area contributed by atoms with Gasteiger partial charge in [0.1, 0.15) is 24.7 Å². The SMILES string of the molecule is CNCc1ccc(OCCOc2c(C)ccc(C)c2C)c(Br)c1. The van der Waals surface area contributed by atoms with Crippen LogP contribution in [0.4, 0.5) is 0 Å². The molecular weight excluding hydrogens is 354 g/mol. The highest BCUT2D eigenvalue weighted by molar-refractivity contribution is 9.10. The van der Waals surface area contributed by atoms with Crippen molar-refractivity contribution in [3.05, 3.63) is 57.1 Å². The predicted octanol–water partition coefficient (Wildman–Crippen LogP) is 4.55. The van der Waals surface area contributed by atoms with Crippen LogP contribution in [0.2, 0.25) is 0 Å². The van der Waals surface area contributed by atoms with Crippen molar-refractivity contribution in [2.24, 2.45) is 0 Å². The smallest absolute Gasteiger partial charge is 0.133 e. The maximum Gasteiger partial charge on any atom is 0.133 e. The molecule has 1 N–H and O–H groups in total. The topological polar surface area (TPSA) is 30.5 Å². The van der Waals surface area contributed by atoms with Gasteiger partial charge in [0.05, 0.1) is 4.47 Å². The summed E-state index contributed by atoms with van der Waals surface area (Å²) >= 11 is 3.55. The third-order valence-corrected chi connectivity index (χ3v) is 4.46. The van der Waals surface area contributed by atoms with Crippen LogP contribution in [0.25, 0.3) is 0 Å². The maximum absolute atomic E-state index is 5.92. The van der Waals surface area contributed by atoms with Crippen LogP contribution in [0, 0.1) is 20.8 Å². The number of nitrogens with one attached hydrogen (secondary N) is 1. The molecule has 0 amide bonds. The van der Waals surface area contributed by atoms with E-state index in [1.807, 2.05) is 13.1 Å². The number of rotatable bonds is 7. The van der Waals surface area contributed by atoms with E-state index < -0.39 is 0 Å². The Morgan fingerprint density at radius 3 is 2.35 bits per heavy atom. The van der Waals surface area contributed by atoms with E-state index >= 15 is 0 Å². The molecule has 0 saturated carbocycles. The molecule has 2 aromatic rings. The summed E-state index contributed by atoms with van der Waals surface area (Å²) in [6.45, 7) is 8.14. The molecule has 0 aliphatic heterocycles. The lowest BCUT2D eigenvalue weighted by Gasteiger charge is -2.15. The standard InChI is InChI=1S/C19H24BrNO2/c1-13-5-6-14(2)19(15(13)3)23-10-9-22-18-8-7-16(12-21-4)11-17(18)20/h5-8,11,21H,9-10,12H2,1-4H3. The molecule has 0 radical (unpaired) electrons. The maximum atomic E-state index is 5.92. The highest BCUT2D eigenvalue weighted by Gasteiger charge is 2.07. The Labute approximate surface area is 147 Å². The molecule has 0 saturated heterocycles. The Kier molecular flexibility index (Phi) is 6.48. The molecule has 2 aromatic carbocycles. The second-order valence-corrected chi connectivity index (χ2v) is 6.50. The molecule has 0 fully saturated rings. The molecule has 2 rings (SSSR count). The molecule has 0 spiro atoms. The summed E-state index contributed by atoms with van der Waals surface area (Å²) in [5.41, 5.74) is 4.82. The zero-order valence-corrected chi connectivity index (χ0v) is 15.8. The van der Waals surface area contributed by atoms with Crippen molar-refractivity contribution < 1.29 is 9.47 Å². The van der Waals surface area contributed by atoms with Gasteiger partial charge in [-0.2, -0.15) is 0 Å². The van der Waals surface area contributed by atoms with Gasteiger partial charge >= 0.3 is 0 Å². The van der Waals surface area contributed by atoms with Gasteiger partial charge < -0.3 is 14.8 Å². The lowest BCUT2D eigenvalue weighted by atomic mass is 10.1. The fourth-order valence-electron chi connectivity index (χ4n) is 2.42. The largest absolute Gasteiger partial charge is 0.489 e. The zero-order valence-electron chi connectivity index (χ0n) is 14.2. The Morgan fingerprint density at radius 2 is 1.65 bits per heavy atom. The first kappa shape index (κ1) is 17.8. The minimum absolute atomic E-state index is 0.511. The molecule has 124 valence electrons. The van der Waals surface area contributed by atoms with Crippen molar-refractivity contribution in [3.63, 3.8) is 0 Å². The van der Waals surface area contributed by atoms with E-state index in [2.05, 4.69) is 66.3 Å². The third kappa shape index (κ3) is 4.72. The molecule has 3 nitrogen and oxygen atoms in total. The molecule has 0 unspecified atom stereocenters. The van der Waals surface area contributed by atoms with Crippen LogP contribution in [0.1, 0.15) is 22.3 Å². The van der Waals surface area contributed by atoms with E-state index in [9.17, 15) is 0 Å². The quantitative estimate of drug-likeness (QED) is 0.717. The van der Waals surface area contributed by atoms with Crippen LogP contribution in [-0.2, 0) is 6.54 Å². The van der Waals surface area contributed by atoms with Crippen molar-refractivity contribution >= 4 is 15.9 Å². The fourth-order valence-corrected chi connectivity index (χ4v) is 2.96. The van der Waals surface area contributed by atoms with Gasteiger partial charge in [-0.05, 0) is 78.1 Å². The van der Waals surface area contributed by atoms with Gasteiger partial charge in [0.25, 0.3) is 0 Å². The molecule has 0 aliphatic carbocycles. The summed E-state index contributed by atoms with van der Waals surface area (Å²) in [5, 5.41) is 3.13. The highest BCUT2D eigenvalue weighted by atomic mass is 79.9. The molecular formula is C19H24BrNO2. The summed E-state index contributed by atoms with van der Waals surface area (Å²) < 4.78 is 12.7. The average molecular weight is 378 g/mol. The van der Waals surface area contributed by atoms with E-state index in [0.717, 1.165) is 28.1 Å². The minimum Gasteiger partial charge on any atom is -0.489 e. The van der Waals surface area contributed by atoms with E-state index in [1.165, 1.54) is 16.7 Å². The Hall–Kier alpha value is -1.52. The second kappa shape index (κ2) is 8.37. The van der Waals surface area contributed by atoms with Crippen LogP contribution < -0.4 is 14.8 Å². The number of halogens is 1. The number of hydrogen-bond acceptors (Lipinski definition) is 3. The number of benzene rings is 2. The van der Waals surface area contributed by atoms with Crippen LogP contribution in [0.15, 0.2) is 34.8 Å². The van der Waals surface area contributed by atoms with E-state index in [4.69, 9.17) is 9.47 Å². The van der Waals surface area contributed by atoms with E-state index in [1.54, 1.807) is 0 Å². The average Bonchev–Trinajstić information content (AvgIpc) is 2.52. The minimum atomic E-state index is 0.511.